The standard InChI is InChI=1S/C23H31N3O4S/c1-4-22(26(31(3,28)29)20-12-14-21(30-2)15-13-20)23(27)24-18-8-10-19(11-9-18)25-16-6-5-7-17-25/h8-15,22H,4-7,16-17H2,1-3H3,(H,24,27)/t22-/m0/s1. The van der Waals surface area contributed by atoms with E-state index in [-0.39, 0.29) is 5.91 Å². The zero-order valence-corrected chi connectivity index (χ0v) is 19.2. The minimum atomic E-state index is -3.68. The monoisotopic (exact) mass is 445 g/mol. The number of nitrogens with one attached hydrogen (secondary N) is 1. The third kappa shape index (κ3) is 5.70. The van der Waals surface area contributed by atoms with Crippen LogP contribution in [0.15, 0.2) is 48.5 Å². The Bertz CT molecular complexity index is 969. The van der Waals surface area contributed by atoms with Crippen molar-refractivity contribution in [3.05, 3.63) is 48.5 Å². The van der Waals surface area contributed by atoms with Crippen LogP contribution < -0.4 is 19.3 Å². The summed E-state index contributed by atoms with van der Waals surface area (Å²) in [7, 11) is -2.14. The van der Waals surface area contributed by atoms with Crippen LogP contribution in [0.5, 0.6) is 5.75 Å². The second kappa shape index (κ2) is 10.0. The number of carbonyl (C=O) groups is 1. The fourth-order valence-corrected chi connectivity index (χ4v) is 5.13. The number of rotatable bonds is 8. The molecule has 1 saturated heterocycles. The zero-order valence-electron chi connectivity index (χ0n) is 18.4. The molecule has 1 aliphatic rings. The maximum atomic E-state index is 13.1. The third-order valence-electron chi connectivity index (χ3n) is 5.51. The summed E-state index contributed by atoms with van der Waals surface area (Å²) >= 11 is 0. The summed E-state index contributed by atoms with van der Waals surface area (Å²) in [6.45, 7) is 3.90. The largest absolute Gasteiger partial charge is 0.497 e. The van der Waals surface area contributed by atoms with Crippen molar-refractivity contribution in [1.82, 2.24) is 0 Å². The van der Waals surface area contributed by atoms with Crippen LogP contribution in [0.3, 0.4) is 0 Å². The Morgan fingerprint density at radius 2 is 1.68 bits per heavy atom. The molecule has 0 saturated carbocycles. The van der Waals surface area contributed by atoms with Gasteiger partial charge in [-0.25, -0.2) is 8.42 Å². The van der Waals surface area contributed by atoms with Gasteiger partial charge >= 0.3 is 0 Å². The lowest BCUT2D eigenvalue weighted by molar-refractivity contribution is -0.117. The van der Waals surface area contributed by atoms with Gasteiger partial charge in [-0.15, -0.1) is 0 Å². The van der Waals surface area contributed by atoms with E-state index in [2.05, 4.69) is 10.2 Å². The molecule has 7 nitrogen and oxygen atoms in total. The molecule has 0 aliphatic carbocycles. The summed E-state index contributed by atoms with van der Waals surface area (Å²) < 4.78 is 31.5. The molecule has 0 unspecified atom stereocenters. The van der Waals surface area contributed by atoms with Crippen molar-refractivity contribution in [3.8, 4) is 5.75 Å². The van der Waals surface area contributed by atoms with Crippen molar-refractivity contribution in [3.63, 3.8) is 0 Å². The molecule has 31 heavy (non-hydrogen) atoms. The summed E-state index contributed by atoms with van der Waals surface area (Å²) in [4.78, 5) is 15.4. The molecule has 1 aliphatic heterocycles. The van der Waals surface area contributed by atoms with Gasteiger partial charge in [-0.2, -0.15) is 0 Å². The van der Waals surface area contributed by atoms with Gasteiger partial charge in [-0.05, 0) is 74.2 Å². The smallest absolute Gasteiger partial charge is 0.248 e. The number of nitrogens with zero attached hydrogens (tertiary/aromatic N) is 2. The molecule has 1 fully saturated rings. The maximum Gasteiger partial charge on any atom is 0.248 e. The topological polar surface area (TPSA) is 79.0 Å². The van der Waals surface area contributed by atoms with E-state index in [0.29, 0.717) is 23.5 Å². The molecule has 168 valence electrons. The van der Waals surface area contributed by atoms with Gasteiger partial charge in [0.15, 0.2) is 0 Å². The van der Waals surface area contributed by atoms with E-state index in [1.807, 2.05) is 24.3 Å². The summed E-state index contributed by atoms with van der Waals surface area (Å²) in [5, 5.41) is 2.88. The molecule has 8 heteroatoms. The van der Waals surface area contributed by atoms with Crippen LogP contribution in [-0.4, -0.2) is 46.8 Å². The van der Waals surface area contributed by atoms with Crippen molar-refractivity contribution >= 4 is 33.0 Å². The van der Waals surface area contributed by atoms with Gasteiger partial charge in [0.25, 0.3) is 0 Å². The first-order chi connectivity index (χ1) is 14.8. The van der Waals surface area contributed by atoms with E-state index in [9.17, 15) is 13.2 Å². The lowest BCUT2D eigenvalue weighted by Crippen LogP contribution is -2.47. The van der Waals surface area contributed by atoms with Gasteiger partial charge in [0.2, 0.25) is 15.9 Å². The predicted octanol–water partition coefficient (Wildman–Crippen LogP) is 3.87. The number of hydrogen-bond donors (Lipinski definition) is 1. The molecule has 0 bridgehead atoms. The van der Waals surface area contributed by atoms with Gasteiger partial charge < -0.3 is 15.0 Å². The lowest BCUT2D eigenvalue weighted by Gasteiger charge is -2.30. The van der Waals surface area contributed by atoms with Crippen LogP contribution >= 0.6 is 0 Å². The summed E-state index contributed by atoms with van der Waals surface area (Å²) in [6, 6.07) is 13.5. The number of ether oxygens (including phenoxy) is 1. The average molecular weight is 446 g/mol. The molecule has 0 spiro atoms. The normalized spacial score (nSPS) is 15.3. The van der Waals surface area contributed by atoms with Crippen LogP contribution in [0.1, 0.15) is 32.6 Å². The van der Waals surface area contributed by atoms with Crippen LogP contribution in [-0.2, 0) is 14.8 Å². The molecule has 1 atom stereocenters. The van der Waals surface area contributed by atoms with E-state index < -0.39 is 16.1 Å². The first-order valence-corrected chi connectivity index (χ1v) is 12.5. The quantitative estimate of drug-likeness (QED) is 0.667. The highest BCUT2D eigenvalue weighted by Crippen LogP contribution is 2.26. The Labute approximate surface area is 185 Å². The number of hydrogen-bond acceptors (Lipinski definition) is 5. The molecular weight excluding hydrogens is 414 g/mol. The number of benzene rings is 2. The Balaban J connectivity index is 1.78. The minimum Gasteiger partial charge on any atom is -0.497 e. The van der Waals surface area contributed by atoms with Gasteiger partial charge in [0.05, 0.1) is 19.1 Å². The molecule has 0 aromatic heterocycles. The third-order valence-corrected chi connectivity index (χ3v) is 6.69. The Morgan fingerprint density at radius 3 is 2.19 bits per heavy atom. The molecule has 1 heterocycles. The van der Waals surface area contributed by atoms with Gasteiger partial charge in [0.1, 0.15) is 11.8 Å². The molecule has 1 N–H and O–H groups in total. The van der Waals surface area contributed by atoms with E-state index in [0.717, 1.165) is 25.0 Å². The lowest BCUT2D eigenvalue weighted by atomic mass is 10.1. The van der Waals surface area contributed by atoms with Crippen LogP contribution in [0.2, 0.25) is 0 Å². The minimum absolute atomic E-state index is 0.330. The number of amides is 1. The molecular formula is C23H31N3O4S. The number of methoxy groups -OCH3 is 1. The van der Waals surface area contributed by atoms with E-state index in [4.69, 9.17) is 4.74 Å². The van der Waals surface area contributed by atoms with Gasteiger partial charge in [-0.3, -0.25) is 9.10 Å². The molecule has 2 aromatic carbocycles. The van der Waals surface area contributed by atoms with Crippen LogP contribution in [0, 0.1) is 0 Å². The Morgan fingerprint density at radius 1 is 1.06 bits per heavy atom. The maximum absolute atomic E-state index is 13.1. The molecule has 0 radical (unpaired) electrons. The first kappa shape index (κ1) is 22.9. The first-order valence-electron chi connectivity index (χ1n) is 10.6. The van der Waals surface area contributed by atoms with Crippen molar-refractivity contribution in [2.24, 2.45) is 0 Å². The second-order valence-electron chi connectivity index (χ2n) is 7.76. The SMILES string of the molecule is CC[C@@H](C(=O)Nc1ccc(N2CCCCC2)cc1)N(c1ccc(OC)cc1)S(C)(=O)=O. The fourth-order valence-electron chi connectivity index (χ4n) is 3.92. The predicted molar refractivity (Wildman–Crippen MR) is 126 cm³/mol. The Hall–Kier alpha value is -2.74. The van der Waals surface area contributed by atoms with Crippen LogP contribution in [0.4, 0.5) is 17.1 Å². The van der Waals surface area contributed by atoms with E-state index in [1.54, 1.807) is 38.3 Å². The molecule has 3 rings (SSSR count). The van der Waals surface area contributed by atoms with Crippen LogP contribution in [0.25, 0.3) is 0 Å². The van der Waals surface area contributed by atoms with E-state index >= 15 is 0 Å². The summed E-state index contributed by atoms with van der Waals surface area (Å²) in [6.07, 6.45) is 5.11. The summed E-state index contributed by atoms with van der Waals surface area (Å²) in [5.41, 5.74) is 2.21. The van der Waals surface area contributed by atoms with Crippen molar-refractivity contribution in [2.45, 2.75) is 38.6 Å². The van der Waals surface area contributed by atoms with Crippen molar-refractivity contribution in [1.29, 1.82) is 0 Å². The van der Waals surface area contributed by atoms with Gasteiger partial charge in [-0.1, -0.05) is 6.92 Å². The van der Waals surface area contributed by atoms with Crippen molar-refractivity contribution in [2.75, 3.05) is 41.0 Å². The molecule has 2 aromatic rings. The number of sulfonamides is 1. The van der Waals surface area contributed by atoms with Gasteiger partial charge in [0, 0.05) is 24.5 Å². The van der Waals surface area contributed by atoms with Crippen molar-refractivity contribution < 1.29 is 17.9 Å². The fraction of sp³-hybridized carbons (Fsp3) is 0.435. The number of piperidine rings is 1. The Kier molecular flexibility index (Phi) is 7.43. The highest BCUT2D eigenvalue weighted by Gasteiger charge is 2.31. The highest BCUT2D eigenvalue weighted by molar-refractivity contribution is 7.92. The second-order valence-corrected chi connectivity index (χ2v) is 9.62. The zero-order chi connectivity index (χ0) is 22.4. The number of carbonyl (C=O) groups excluding carboxylic acids is 1. The highest BCUT2D eigenvalue weighted by atomic mass is 32.2. The van der Waals surface area contributed by atoms with E-state index in [1.165, 1.54) is 23.6 Å². The average Bonchev–Trinajstić information content (AvgIpc) is 2.77. The number of anilines is 3. The summed E-state index contributed by atoms with van der Waals surface area (Å²) in [5.74, 6) is 0.248. The molecule has 1 amide bonds.